The first-order chi connectivity index (χ1) is 8.56. The zero-order chi connectivity index (χ0) is 13.5. The number of piperidine rings is 1. The first-order valence-corrected chi connectivity index (χ1v) is 7.25. The SMILES string of the molecule is CCCC(C(=O)O)N(CC1CCNCC1)C(C)C. The predicted molar refractivity (Wildman–Crippen MR) is 73.8 cm³/mol. The van der Waals surface area contributed by atoms with Crippen molar-refractivity contribution in [1.29, 1.82) is 0 Å². The molecule has 4 nitrogen and oxygen atoms in total. The fourth-order valence-electron chi connectivity index (χ4n) is 2.76. The van der Waals surface area contributed by atoms with Crippen molar-refractivity contribution >= 4 is 5.97 Å². The van der Waals surface area contributed by atoms with Gasteiger partial charge in [-0.3, -0.25) is 9.69 Å². The van der Waals surface area contributed by atoms with Crippen LogP contribution in [0.25, 0.3) is 0 Å². The molecule has 0 aromatic rings. The van der Waals surface area contributed by atoms with Gasteiger partial charge in [0, 0.05) is 12.6 Å². The van der Waals surface area contributed by atoms with E-state index in [1.54, 1.807) is 0 Å². The molecule has 1 fully saturated rings. The molecular weight excluding hydrogens is 228 g/mol. The molecule has 0 bridgehead atoms. The van der Waals surface area contributed by atoms with E-state index in [4.69, 9.17) is 0 Å². The lowest BCUT2D eigenvalue weighted by Crippen LogP contribution is -2.48. The van der Waals surface area contributed by atoms with E-state index < -0.39 is 5.97 Å². The highest BCUT2D eigenvalue weighted by Crippen LogP contribution is 2.19. The summed E-state index contributed by atoms with van der Waals surface area (Å²) in [5.74, 6) is -0.0214. The highest BCUT2D eigenvalue weighted by Gasteiger charge is 2.29. The van der Waals surface area contributed by atoms with Crippen LogP contribution in [0.5, 0.6) is 0 Å². The normalized spacial score (nSPS) is 19.4. The second-order valence-corrected chi connectivity index (χ2v) is 5.63. The topological polar surface area (TPSA) is 52.6 Å². The van der Waals surface area contributed by atoms with Gasteiger partial charge in [-0.2, -0.15) is 0 Å². The molecule has 1 saturated heterocycles. The highest BCUT2D eigenvalue weighted by molar-refractivity contribution is 5.73. The Morgan fingerprint density at radius 3 is 2.44 bits per heavy atom. The van der Waals surface area contributed by atoms with Gasteiger partial charge < -0.3 is 10.4 Å². The van der Waals surface area contributed by atoms with Crippen LogP contribution in [0.2, 0.25) is 0 Å². The summed E-state index contributed by atoms with van der Waals surface area (Å²) >= 11 is 0. The first kappa shape index (κ1) is 15.4. The van der Waals surface area contributed by atoms with Crippen molar-refractivity contribution in [1.82, 2.24) is 10.2 Å². The summed E-state index contributed by atoms with van der Waals surface area (Å²) in [6.45, 7) is 9.33. The van der Waals surface area contributed by atoms with Crippen LogP contribution < -0.4 is 5.32 Å². The van der Waals surface area contributed by atoms with E-state index in [1.807, 2.05) is 0 Å². The van der Waals surface area contributed by atoms with Crippen molar-refractivity contribution in [3.63, 3.8) is 0 Å². The average Bonchev–Trinajstić information content (AvgIpc) is 2.34. The summed E-state index contributed by atoms with van der Waals surface area (Å²) in [6, 6.07) is -0.0163. The van der Waals surface area contributed by atoms with E-state index in [0.29, 0.717) is 12.0 Å². The van der Waals surface area contributed by atoms with Crippen molar-refractivity contribution in [2.75, 3.05) is 19.6 Å². The second-order valence-electron chi connectivity index (χ2n) is 5.63. The molecule has 1 unspecified atom stereocenters. The van der Waals surface area contributed by atoms with Crippen LogP contribution in [-0.4, -0.2) is 47.7 Å². The highest BCUT2D eigenvalue weighted by atomic mass is 16.4. The quantitative estimate of drug-likeness (QED) is 0.731. The van der Waals surface area contributed by atoms with Gasteiger partial charge in [-0.15, -0.1) is 0 Å². The summed E-state index contributed by atoms with van der Waals surface area (Å²) in [6.07, 6.45) is 4.01. The van der Waals surface area contributed by atoms with Gasteiger partial charge in [0.15, 0.2) is 0 Å². The Bertz CT molecular complexity index is 250. The summed E-state index contributed by atoms with van der Waals surface area (Å²) in [5.41, 5.74) is 0. The minimum atomic E-state index is -0.667. The molecule has 1 rings (SSSR count). The summed E-state index contributed by atoms with van der Waals surface area (Å²) in [5, 5.41) is 12.8. The van der Waals surface area contributed by atoms with Gasteiger partial charge in [-0.05, 0) is 52.1 Å². The molecule has 18 heavy (non-hydrogen) atoms. The Morgan fingerprint density at radius 1 is 1.39 bits per heavy atom. The number of aliphatic carboxylic acids is 1. The standard InChI is InChI=1S/C14H28N2O2/c1-4-5-13(14(17)18)16(11(2)3)10-12-6-8-15-9-7-12/h11-13,15H,4-10H2,1-3H3,(H,17,18). The Morgan fingerprint density at radius 2 is 2.00 bits per heavy atom. The van der Waals surface area contributed by atoms with E-state index in [9.17, 15) is 9.90 Å². The average molecular weight is 256 g/mol. The van der Waals surface area contributed by atoms with Gasteiger partial charge in [-0.25, -0.2) is 0 Å². The number of nitrogens with zero attached hydrogens (tertiary/aromatic N) is 1. The minimum absolute atomic E-state index is 0.299. The molecule has 1 aliphatic heterocycles. The summed E-state index contributed by atoms with van der Waals surface area (Å²) < 4.78 is 0. The number of hydrogen-bond acceptors (Lipinski definition) is 3. The lowest BCUT2D eigenvalue weighted by Gasteiger charge is -2.36. The molecule has 0 spiro atoms. The number of nitrogens with one attached hydrogen (secondary N) is 1. The molecule has 0 amide bonds. The van der Waals surface area contributed by atoms with Crippen LogP contribution in [0.4, 0.5) is 0 Å². The molecule has 106 valence electrons. The molecule has 0 aliphatic carbocycles. The second kappa shape index (κ2) is 7.74. The van der Waals surface area contributed by atoms with Crippen molar-refractivity contribution in [3.05, 3.63) is 0 Å². The molecule has 4 heteroatoms. The zero-order valence-corrected chi connectivity index (χ0v) is 12.0. The van der Waals surface area contributed by atoms with Crippen molar-refractivity contribution in [2.45, 2.75) is 58.5 Å². The van der Waals surface area contributed by atoms with Crippen LogP contribution in [-0.2, 0) is 4.79 Å². The van der Waals surface area contributed by atoms with Gasteiger partial charge in [0.05, 0.1) is 0 Å². The fourth-order valence-corrected chi connectivity index (χ4v) is 2.76. The first-order valence-electron chi connectivity index (χ1n) is 7.25. The van der Waals surface area contributed by atoms with E-state index in [2.05, 4.69) is 31.0 Å². The Balaban J connectivity index is 2.63. The molecule has 1 aliphatic rings. The molecule has 2 N–H and O–H groups in total. The number of carbonyl (C=O) groups is 1. The summed E-state index contributed by atoms with van der Waals surface area (Å²) in [7, 11) is 0. The lowest BCUT2D eigenvalue weighted by atomic mass is 9.95. The van der Waals surface area contributed by atoms with Gasteiger partial charge in [-0.1, -0.05) is 13.3 Å². The van der Waals surface area contributed by atoms with Crippen molar-refractivity contribution in [2.24, 2.45) is 5.92 Å². The molecule has 0 saturated carbocycles. The van der Waals surface area contributed by atoms with Gasteiger partial charge >= 0.3 is 5.97 Å². The van der Waals surface area contributed by atoms with E-state index in [0.717, 1.165) is 32.5 Å². The maximum atomic E-state index is 11.4. The van der Waals surface area contributed by atoms with Crippen molar-refractivity contribution in [3.8, 4) is 0 Å². The summed E-state index contributed by atoms with van der Waals surface area (Å²) in [4.78, 5) is 13.6. The van der Waals surface area contributed by atoms with Crippen LogP contribution in [0.15, 0.2) is 0 Å². The molecule has 1 atom stereocenters. The fraction of sp³-hybridized carbons (Fsp3) is 0.929. The molecule has 1 heterocycles. The molecule has 0 aromatic heterocycles. The zero-order valence-electron chi connectivity index (χ0n) is 12.0. The maximum absolute atomic E-state index is 11.4. The van der Waals surface area contributed by atoms with Gasteiger partial charge in [0.25, 0.3) is 0 Å². The van der Waals surface area contributed by atoms with Crippen LogP contribution in [0, 0.1) is 5.92 Å². The van der Waals surface area contributed by atoms with Crippen LogP contribution in [0.3, 0.4) is 0 Å². The Kier molecular flexibility index (Phi) is 6.65. The molecule has 0 aromatic carbocycles. The van der Waals surface area contributed by atoms with Crippen LogP contribution >= 0.6 is 0 Å². The molecular formula is C14H28N2O2. The third-order valence-corrected chi connectivity index (χ3v) is 3.84. The number of rotatable bonds is 7. The van der Waals surface area contributed by atoms with E-state index in [1.165, 1.54) is 12.8 Å². The number of carboxylic acids is 1. The maximum Gasteiger partial charge on any atom is 0.320 e. The third kappa shape index (κ3) is 4.58. The smallest absolute Gasteiger partial charge is 0.320 e. The third-order valence-electron chi connectivity index (χ3n) is 3.84. The van der Waals surface area contributed by atoms with Crippen molar-refractivity contribution < 1.29 is 9.90 Å². The largest absolute Gasteiger partial charge is 0.480 e. The van der Waals surface area contributed by atoms with Gasteiger partial charge in [0.1, 0.15) is 6.04 Å². The number of hydrogen-bond donors (Lipinski definition) is 2. The van der Waals surface area contributed by atoms with E-state index in [-0.39, 0.29) is 6.04 Å². The van der Waals surface area contributed by atoms with E-state index >= 15 is 0 Å². The predicted octanol–water partition coefficient (Wildman–Crippen LogP) is 1.95. The lowest BCUT2D eigenvalue weighted by molar-refractivity contribution is -0.144. The molecule has 0 radical (unpaired) electrons. The monoisotopic (exact) mass is 256 g/mol. The Labute approximate surface area is 111 Å². The number of carboxylic acid groups (broad SMARTS) is 1. The Hall–Kier alpha value is -0.610. The van der Waals surface area contributed by atoms with Gasteiger partial charge in [0.2, 0.25) is 0 Å². The van der Waals surface area contributed by atoms with Crippen LogP contribution in [0.1, 0.15) is 46.5 Å². The minimum Gasteiger partial charge on any atom is -0.480 e.